The molecule has 1 atom stereocenters. The Morgan fingerprint density at radius 3 is 3.09 bits per heavy atom. The van der Waals surface area contributed by atoms with Crippen LogP contribution < -0.4 is 5.32 Å². The molecule has 114 valence electrons. The molecule has 0 aromatic carbocycles. The van der Waals surface area contributed by atoms with Gasteiger partial charge < -0.3 is 9.84 Å². The summed E-state index contributed by atoms with van der Waals surface area (Å²) in [4.78, 5) is 17.5. The van der Waals surface area contributed by atoms with Crippen LogP contribution in [0.15, 0.2) is 33.3 Å². The van der Waals surface area contributed by atoms with E-state index in [1.165, 1.54) is 11.8 Å². The molecule has 0 aliphatic rings. The molecule has 9 heteroatoms. The number of rotatable bonds is 5. The van der Waals surface area contributed by atoms with E-state index in [9.17, 15) is 4.79 Å². The Kier molecular flexibility index (Phi) is 4.25. The summed E-state index contributed by atoms with van der Waals surface area (Å²) in [6.07, 6.45) is 0. The topological polar surface area (TPSA) is 96.7 Å². The van der Waals surface area contributed by atoms with Crippen molar-refractivity contribution in [3.05, 3.63) is 29.3 Å². The second-order valence-corrected chi connectivity index (χ2v) is 6.77. The van der Waals surface area contributed by atoms with E-state index in [-0.39, 0.29) is 11.2 Å². The molecule has 0 radical (unpaired) electrons. The van der Waals surface area contributed by atoms with E-state index < -0.39 is 0 Å². The molecule has 1 unspecified atom stereocenters. The zero-order chi connectivity index (χ0) is 15.5. The van der Waals surface area contributed by atoms with Crippen LogP contribution in [0.25, 0.3) is 10.7 Å². The van der Waals surface area contributed by atoms with E-state index in [4.69, 9.17) is 4.52 Å². The lowest BCUT2D eigenvalue weighted by atomic mass is 10.4. The molecule has 0 bridgehead atoms. The van der Waals surface area contributed by atoms with Gasteiger partial charge in [0.25, 0.3) is 0 Å². The molecular formula is C13H13N5O2S2. The Morgan fingerprint density at radius 1 is 1.55 bits per heavy atom. The lowest BCUT2D eigenvalue weighted by Crippen LogP contribution is -2.22. The summed E-state index contributed by atoms with van der Waals surface area (Å²) in [5.74, 6) is 1.58. The zero-order valence-corrected chi connectivity index (χ0v) is 13.5. The van der Waals surface area contributed by atoms with Gasteiger partial charge in [-0.2, -0.15) is 0 Å². The summed E-state index contributed by atoms with van der Waals surface area (Å²) in [5, 5.41) is 15.6. The number of thioether (sulfide) groups is 1. The minimum absolute atomic E-state index is 0.180. The van der Waals surface area contributed by atoms with Crippen molar-refractivity contribution in [1.82, 2.24) is 20.3 Å². The molecule has 3 aromatic heterocycles. The normalized spacial score (nSPS) is 12.3. The number of hydrogen-bond acceptors (Lipinski definition) is 7. The van der Waals surface area contributed by atoms with Gasteiger partial charge in [0.05, 0.1) is 10.1 Å². The highest BCUT2D eigenvalue weighted by atomic mass is 32.2. The predicted molar refractivity (Wildman–Crippen MR) is 84.9 cm³/mol. The highest BCUT2D eigenvalue weighted by molar-refractivity contribution is 8.00. The van der Waals surface area contributed by atoms with E-state index in [1.54, 1.807) is 31.3 Å². The van der Waals surface area contributed by atoms with Crippen LogP contribution in [-0.4, -0.2) is 31.5 Å². The number of amides is 1. The van der Waals surface area contributed by atoms with E-state index in [2.05, 4.69) is 25.7 Å². The van der Waals surface area contributed by atoms with Crippen molar-refractivity contribution in [1.29, 1.82) is 0 Å². The van der Waals surface area contributed by atoms with Crippen LogP contribution in [0.4, 0.5) is 5.82 Å². The Morgan fingerprint density at radius 2 is 2.41 bits per heavy atom. The number of aryl methyl sites for hydroxylation is 1. The van der Waals surface area contributed by atoms with Crippen LogP contribution in [0, 0.1) is 6.92 Å². The summed E-state index contributed by atoms with van der Waals surface area (Å²) in [5.41, 5.74) is 0. The molecular weight excluding hydrogens is 322 g/mol. The first kappa shape index (κ1) is 14.8. The Bertz CT molecular complexity index is 765. The van der Waals surface area contributed by atoms with Gasteiger partial charge in [-0.15, -0.1) is 16.4 Å². The van der Waals surface area contributed by atoms with Gasteiger partial charge in [-0.1, -0.05) is 23.0 Å². The number of H-pyrrole nitrogens is 1. The van der Waals surface area contributed by atoms with Crippen LogP contribution in [0.5, 0.6) is 0 Å². The number of nitrogens with one attached hydrogen (secondary N) is 2. The first-order chi connectivity index (χ1) is 10.6. The highest BCUT2D eigenvalue weighted by Crippen LogP contribution is 2.25. The fraction of sp³-hybridized carbons (Fsp3) is 0.231. The van der Waals surface area contributed by atoms with Gasteiger partial charge in [0, 0.05) is 6.07 Å². The SMILES string of the molecule is Cc1cc(NC(=O)C(C)Sc2n[nH]c(-c3cccs3)n2)no1. The fourth-order valence-electron chi connectivity index (χ4n) is 1.69. The molecule has 0 saturated heterocycles. The van der Waals surface area contributed by atoms with Gasteiger partial charge >= 0.3 is 0 Å². The van der Waals surface area contributed by atoms with Crippen LogP contribution in [0.3, 0.4) is 0 Å². The Hall–Kier alpha value is -2.13. The average molecular weight is 335 g/mol. The molecule has 0 aliphatic carbocycles. The summed E-state index contributed by atoms with van der Waals surface area (Å²) < 4.78 is 4.91. The zero-order valence-electron chi connectivity index (χ0n) is 11.9. The fourth-order valence-corrected chi connectivity index (χ4v) is 3.08. The van der Waals surface area contributed by atoms with Gasteiger partial charge in [-0.3, -0.25) is 9.89 Å². The van der Waals surface area contributed by atoms with Crippen molar-refractivity contribution in [2.24, 2.45) is 0 Å². The maximum absolute atomic E-state index is 12.1. The first-order valence-corrected chi connectivity index (χ1v) is 8.25. The summed E-state index contributed by atoms with van der Waals surface area (Å²) in [6, 6.07) is 5.57. The van der Waals surface area contributed by atoms with Crippen LogP contribution in [0.1, 0.15) is 12.7 Å². The standard InChI is InChI=1S/C13H13N5O2S2/c1-7-6-10(18-20-7)14-12(19)8(2)22-13-15-11(16-17-13)9-4-3-5-21-9/h3-6,8H,1-2H3,(H,14,18,19)(H,15,16,17). The van der Waals surface area contributed by atoms with Crippen molar-refractivity contribution < 1.29 is 9.32 Å². The van der Waals surface area contributed by atoms with Crippen molar-refractivity contribution in [2.45, 2.75) is 24.3 Å². The van der Waals surface area contributed by atoms with Gasteiger partial charge in [0.2, 0.25) is 11.1 Å². The minimum atomic E-state index is -0.357. The third kappa shape index (κ3) is 3.37. The van der Waals surface area contributed by atoms with Crippen molar-refractivity contribution >= 4 is 34.8 Å². The van der Waals surface area contributed by atoms with Crippen molar-refractivity contribution in [2.75, 3.05) is 5.32 Å². The van der Waals surface area contributed by atoms with Gasteiger partial charge in [0.1, 0.15) is 5.76 Å². The summed E-state index contributed by atoms with van der Waals surface area (Å²) in [7, 11) is 0. The molecule has 7 nitrogen and oxygen atoms in total. The molecule has 0 fully saturated rings. The summed E-state index contributed by atoms with van der Waals surface area (Å²) in [6.45, 7) is 3.55. The van der Waals surface area contributed by atoms with Gasteiger partial charge in [-0.25, -0.2) is 4.98 Å². The molecule has 2 N–H and O–H groups in total. The maximum Gasteiger partial charge on any atom is 0.238 e. The molecule has 3 heterocycles. The quantitative estimate of drug-likeness (QED) is 0.696. The second kappa shape index (κ2) is 6.32. The van der Waals surface area contributed by atoms with Crippen LogP contribution in [0.2, 0.25) is 0 Å². The molecule has 0 aliphatic heterocycles. The Balaban J connectivity index is 1.61. The number of anilines is 1. The maximum atomic E-state index is 12.1. The van der Waals surface area contributed by atoms with Gasteiger partial charge in [0.15, 0.2) is 11.6 Å². The Labute approximate surface area is 134 Å². The largest absolute Gasteiger partial charge is 0.360 e. The second-order valence-electron chi connectivity index (χ2n) is 4.52. The van der Waals surface area contributed by atoms with Crippen LogP contribution >= 0.6 is 23.1 Å². The molecule has 3 aromatic rings. The average Bonchev–Trinajstić information content (AvgIpc) is 3.20. The van der Waals surface area contributed by atoms with E-state index in [0.29, 0.717) is 22.6 Å². The van der Waals surface area contributed by atoms with E-state index in [1.807, 2.05) is 17.5 Å². The lowest BCUT2D eigenvalue weighted by Gasteiger charge is -2.07. The minimum Gasteiger partial charge on any atom is -0.360 e. The van der Waals surface area contributed by atoms with Gasteiger partial charge in [-0.05, 0) is 25.3 Å². The number of hydrogen-bond donors (Lipinski definition) is 2. The summed E-state index contributed by atoms with van der Waals surface area (Å²) >= 11 is 2.85. The highest BCUT2D eigenvalue weighted by Gasteiger charge is 2.18. The lowest BCUT2D eigenvalue weighted by molar-refractivity contribution is -0.115. The van der Waals surface area contributed by atoms with E-state index >= 15 is 0 Å². The number of aromatic amines is 1. The number of carbonyl (C=O) groups excluding carboxylic acids is 1. The number of nitrogens with zero attached hydrogens (tertiary/aromatic N) is 3. The van der Waals surface area contributed by atoms with Crippen LogP contribution in [-0.2, 0) is 4.79 Å². The number of thiophene rings is 1. The number of carbonyl (C=O) groups is 1. The third-order valence-electron chi connectivity index (χ3n) is 2.75. The van der Waals surface area contributed by atoms with E-state index in [0.717, 1.165) is 4.88 Å². The van der Waals surface area contributed by atoms with Crippen molar-refractivity contribution in [3.63, 3.8) is 0 Å². The smallest absolute Gasteiger partial charge is 0.238 e. The number of aromatic nitrogens is 4. The predicted octanol–water partition coefficient (Wildman–Crippen LogP) is 2.95. The van der Waals surface area contributed by atoms with Crippen molar-refractivity contribution in [3.8, 4) is 10.7 Å². The molecule has 0 saturated carbocycles. The molecule has 22 heavy (non-hydrogen) atoms. The monoisotopic (exact) mass is 335 g/mol. The molecule has 0 spiro atoms. The third-order valence-corrected chi connectivity index (χ3v) is 4.59. The first-order valence-electron chi connectivity index (χ1n) is 6.49. The molecule has 1 amide bonds. The molecule has 3 rings (SSSR count).